The molecule has 0 radical (unpaired) electrons. The van der Waals surface area contributed by atoms with E-state index in [4.69, 9.17) is 16.6 Å². The van der Waals surface area contributed by atoms with Crippen LogP contribution < -0.4 is 11.5 Å². The Morgan fingerprint density at radius 3 is 2.27 bits per heavy atom. The fourth-order valence-corrected chi connectivity index (χ4v) is 0.490. The SMILES string of the molecule is C[C@@](N)(CCC(N)=O)C(=O)O. The van der Waals surface area contributed by atoms with Crippen LogP contribution in [0, 0.1) is 0 Å². The van der Waals surface area contributed by atoms with Crippen molar-refractivity contribution < 1.29 is 14.7 Å². The normalized spacial score (nSPS) is 15.5. The Morgan fingerprint density at radius 2 is 2.00 bits per heavy atom. The number of hydrogen-bond donors (Lipinski definition) is 3. The molecule has 64 valence electrons. The van der Waals surface area contributed by atoms with Crippen molar-refractivity contribution in [3.05, 3.63) is 0 Å². The maximum Gasteiger partial charge on any atom is 0.323 e. The summed E-state index contributed by atoms with van der Waals surface area (Å²) in [6.07, 6.45) is 0.0664. The van der Waals surface area contributed by atoms with E-state index in [0.717, 1.165) is 0 Å². The monoisotopic (exact) mass is 160 g/mol. The van der Waals surface area contributed by atoms with Crippen LogP contribution in [0.25, 0.3) is 0 Å². The molecule has 0 aromatic rings. The largest absolute Gasteiger partial charge is 0.480 e. The van der Waals surface area contributed by atoms with Crippen molar-refractivity contribution in [2.75, 3.05) is 0 Å². The molecule has 0 fully saturated rings. The van der Waals surface area contributed by atoms with Crippen molar-refractivity contribution in [3.63, 3.8) is 0 Å². The number of primary amides is 1. The molecule has 0 bridgehead atoms. The van der Waals surface area contributed by atoms with Crippen LogP contribution in [0.5, 0.6) is 0 Å². The van der Waals surface area contributed by atoms with Crippen molar-refractivity contribution in [1.29, 1.82) is 0 Å². The third-order valence-electron chi connectivity index (χ3n) is 1.38. The Morgan fingerprint density at radius 1 is 1.55 bits per heavy atom. The second-order valence-electron chi connectivity index (χ2n) is 2.69. The van der Waals surface area contributed by atoms with Gasteiger partial charge in [0.15, 0.2) is 0 Å². The molecular weight excluding hydrogens is 148 g/mol. The van der Waals surface area contributed by atoms with Crippen LogP contribution in [0.4, 0.5) is 0 Å². The summed E-state index contributed by atoms with van der Waals surface area (Å²) in [6, 6.07) is 0. The second kappa shape index (κ2) is 3.34. The lowest BCUT2D eigenvalue weighted by Gasteiger charge is -2.17. The minimum Gasteiger partial charge on any atom is -0.480 e. The number of aliphatic carboxylic acids is 1. The van der Waals surface area contributed by atoms with E-state index in [1.54, 1.807) is 0 Å². The van der Waals surface area contributed by atoms with E-state index in [1.165, 1.54) is 6.92 Å². The number of carbonyl (C=O) groups is 2. The highest BCUT2D eigenvalue weighted by Crippen LogP contribution is 2.07. The van der Waals surface area contributed by atoms with E-state index in [1.807, 2.05) is 0 Å². The van der Waals surface area contributed by atoms with Crippen LogP contribution in [-0.4, -0.2) is 22.5 Å². The molecule has 5 nitrogen and oxygen atoms in total. The third kappa shape index (κ3) is 3.57. The molecule has 0 aliphatic heterocycles. The molecule has 11 heavy (non-hydrogen) atoms. The summed E-state index contributed by atoms with van der Waals surface area (Å²) >= 11 is 0. The minimum atomic E-state index is -1.35. The topological polar surface area (TPSA) is 106 Å². The zero-order chi connectivity index (χ0) is 9.07. The minimum absolute atomic E-state index is 0.000694. The molecule has 0 aliphatic carbocycles. The van der Waals surface area contributed by atoms with Crippen LogP contribution in [0.3, 0.4) is 0 Å². The van der Waals surface area contributed by atoms with Gasteiger partial charge in [0, 0.05) is 6.42 Å². The Labute approximate surface area is 64.4 Å². The predicted octanol–water partition coefficient (Wildman–Crippen LogP) is -0.946. The number of carbonyl (C=O) groups excluding carboxylic acids is 1. The van der Waals surface area contributed by atoms with Gasteiger partial charge in [0.1, 0.15) is 5.54 Å². The van der Waals surface area contributed by atoms with E-state index >= 15 is 0 Å². The first-order valence-corrected chi connectivity index (χ1v) is 3.17. The highest BCUT2D eigenvalue weighted by Gasteiger charge is 2.27. The van der Waals surface area contributed by atoms with E-state index in [9.17, 15) is 9.59 Å². The number of amides is 1. The van der Waals surface area contributed by atoms with Gasteiger partial charge < -0.3 is 16.6 Å². The molecular formula is C6H12N2O3. The van der Waals surface area contributed by atoms with E-state index in [2.05, 4.69) is 0 Å². The molecule has 0 rings (SSSR count). The third-order valence-corrected chi connectivity index (χ3v) is 1.38. The maximum absolute atomic E-state index is 10.4. The summed E-state index contributed by atoms with van der Waals surface area (Å²) in [7, 11) is 0. The van der Waals surface area contributed by atoms with Crippen LogP contribution in [0.15, 0.2) is 0 Å². The molecule has 1 atom stereocenters. The molecule has 0 unspecified atom stereocenters. The fraction of sp³-hybridized carbons (Fsp3) is 0.667. The first-order chi connectivity index (χ1) is 4.86. The van der Waals surface area contributed by atoms with E-state index < -0.39 is 17.4 Å². The predicted molar refractivity (Wildman–Crippen MR) is 38.7 cm³/mol. The molecule has 5 N–H and O–H groups in total. The van der Waals surface area contributed by atoms with Crippen LogP contribution in [0.2, 0.25) is 0 Å². The van der Waals surface area contributed by atoms with Gasteiger partial charge in [-0.05, 0) is 13.3 Å². The first kappa shape index (κ1) is 9.90. The van der Waals surface area contributed by atoms with Gasteiger partial charge in [0.05, 0.1) is 0 Å². The van der Waals surface area contributed by atoms with E-state index in [0.29, 0.717) is 0 Å². The quantitative estimate of drug-likeness (QED) is 0.493. The van der Waals surface area contributed by atoms with Gasteiger partial charge in [-0.1, -0.05) is 0 Å². The van der Waals surface area contributed by atoms with Gasteiger partial charge in [-0.15, -0.1) is 0 Å². The molecule has 5 heteroatoms. The van der Waals surface area contributed by atoms with Crippen LogP contribution >= 0.6 is 0 Å². The number of carboxylic acid groups (broad SMARTS) is 1. The van der Waals surface area contributed by atoms with Gasteiger partial charge >= 0.3 is 5.97 Å². The van der Waals surface area contributed by atoms with Gasteiger partial charge in [-0.3, -0.25) is 9.59 Å². The standard InChI is InChI=1S/C6H12N2O3/c1-6(8,5(10)11)3-2-4(7)9/h2-3,8H2,1H3,(H2,7,9)(H,10,11)/t6-/m1/s1. The highest BCUT2D eigenvalue weighted by molar-refractivity contribution is 5.80. The highest BCUT2D eigenvalue weighted by atomic mass is 16.4. The second-order valence-corrected chi connectivity index (χ2v) is 2.69. The fourth-order valence-electron chi connectivity index (χ4n) is 0.490. The lowest BCUT2D eigenvalue weighted by Crippen LogP contribution is -2.45. The lowest BCUT2D eigenvalue weighted by atomic mass is 9.97. The van der Waals surface area contributed by atoms with Gasteiger partial charge in [0.2, 0.25) is 5.91 Å². The maximum atomic E-state index is 10.4. The summed E-state index contributed by atoms with van der Waals surface area (Å²) in [5, 5.41) is 8.48. The molecule has 0 spiro atoms. The van der Waals surface area contributed by atoms with Gasteiger partial charge in [-0.2, -0.15) is 0 Å². The summed E-state index contributed by atoms with van der Waals surface area (Å²) < 4.78 is 0. The van der Waals surface area contributed by atoms with Crippen molar-refractivity contribution >= 4 is 11.9 Å². The summed E-state index contributed by atoms with van der Waals surface area (Å²) in [5.74, 6) is -1.67. The van der Waals surface area contributed by atoms with Crippen LogP contribution in [-0.2, 0) is 9.59 Å². The summed E-state index contributed by atoms with van der Waals surface area (Å²) in [5.41, 5.74) is 8.76. The zero-order valence-corrected chi connectivity index (χ0v) is 6.33. The molecule has 0 aliphatic rings. The Balaban J connectivity index is 3.92. The molecule has 1 amide bonds. The zero-order valence-electron chi connectivity index (χ0n) is 6.33. The number of hydrogen-bond acceptors (Lipinski definition) is 3. The molecule has 0 saturated heterocycles. The number of rotatable bonds is 4. The average molecular weight is 160 g/mol. The lowest BCUT2D eigenvalue weighted by molar-refractivity contribution is -0.143. The van der Waals surface area contributed by atoms with Crippen molar-refractivity contribution in [2.45, 2.75) is 25.3 Å². The molecule has 0 heterocycles. The average Bonchev–Trinajstić information content (AvgIpc) is 1.84. The van der Waals surface area contributed by atoms with Crippen LogP contribution in [0.1, 0.15) is 19.8 Å². The van der Waals surface area contributed by atoms with Crippen molar-refractivity contribution in [1.82, 2.24) is 0 Å². The molecule has 0 aromatic carbocycles. The van der Waals surface area contributed by atoms with Gasteiger partial charge in [0.25, 0.3) is 0 Å². The first-order valence-electron chi connectivity index (χ1n) is 3.17. The molecule has 0 saturated carbocycles. The summed E-state index contributed by atoms with van der Waals surface area (Å²) in [6.45, 7) is 1.35. The Kier molecular flexibility index (Phi) is 3.00. The number of nitrogens with two attached hydrogens (primary N) is 2. The molecule has 0 aromatic heterocycles. The van der Waals surface area contributed by atoms with Gasteiger partial charge in [-0.25, -0.2) is 0 Å². The van der Waals surface area contributed by atoms with Crippen molar-refractivity contribution in [3.8, 4) is 0 Å². The Bertz CT molecular complexity index is 177. The summed E-state index contributed by atoms with van der Waals surface area (Å²) in [4.78, 5) is 20.6. The van der Waals surface area contributed by atoms with E-state index in [-0.39, 0.29) is 12.8 Å². The smallest absolute Gasteiger partial charge is 0.323 e. The Hall–Kier alpha value is -1.10. The van der Waals surface area contributed by atoms with Crippen molar-refractivity contribution in [2.24, 2.45) is 11.5 Å². The number of carboxylic acids is 1.